The molecule has 1 aliphatic heterocycles. The van der Waals surface area contributed by atoms with E-state index in [9.17, 15) is 4.79 Å². The zero-order valence-corrected chi connectivity index (χ0v) is 11.4. The molecule has 0 N–H and O–H groups in total. The van der Waals surface area contributed by atoms with Crippen LogP contribution in [0.3, 0.4) is 0 Å². The fourth-order valence-corrected chi connectivity index (χ4v) is 2.72. The van der Waals surface area contributed by atoms with Crippen LogP contribution < -0.4 is 0 Å². The fourth-order valence-electron chi connectivity index (χ4n) is 2.72. The van der Waals surface area contributed by atoms with Gasteiger partial charge in [0, 0.05) is 5.56 Å². The minimum atomic E-state index is -0.339. The number of ketones is 1. The molecule has 0 amide bonds. The van der Waals surface area contributed by atoms with Gasteiger partial charge in [-0.15, -0.1) is 0 Å². The molecule has 21 heavy (non-hydrogen) atoms. The monoisotopic (exact) mass is 274 g/mol. The minimum absolute atomic E-state index is 0.0637. The highest BCUT2D eigenvalue weighted by Crippen LogP contribution is 2.41. The summed E-state index contributed by atoms with van der Waals surface area (Å²) in [4.78, 5) is 12.3. The lowest BCUT2D eigenvalue weighted by Crippen LogP contribution is -2.07. The summed E-state index contributed by atoms with van der Waals surface area (Å²) in [5, 5.41) is 2.38. The first-order valence-electron chi connectivity index (χ1n) is 7.06. The Balaban J connectivity index is 1.59. The van der Waals surface area contributed by atoms with E-state index in [0.717, 1.165) is 5.56 Å². The van der Waals surface area contributed by atoms with Gasteiger partial charge in [-0.1, -0.05) is 66.7 Å². The van der Waals surface area contributed by atoms with E-state index < -0.39 is 0 Å². The molecule has 0 spiro atoms. The maximum absolute atomic E-state index is 12.3. The Kier molecular flexibility index (Phi) is 2.83. The second-order valence-electron chi connectivity index (χ2n) is 5.31. The maximum atomic E-state index is 12.3. The first kappa shape index (κ1) is 12.3. The Morgan fingerprint density at radius 2 is 1.52 bits per heavy atom. The molecular weight excluding hydrogens is 260 g/mol. The fraction of sp³-hybridized carbons (Fsp3) is 0.105. The average Bonchev–Trinajstić information content (AvgIpc) is 3.35. The Bertz CT molecular complexity index is 808. The molecular formula is C19H14O2. The molecule has 2 heteroatoms. The third-order valence-electron chi connectivity index (χ3n) is 3.91. The van der Waals surface area contributed by atoms with Gasteiger partial charge in [0.25, 0.3) is 0 Å². The summed E-state index contributed by atoms with van der Waals surface area (Å²) in [6.45, 7) is 0. The minimum Gasteiger partial charge on any atom is -0.356 e. The molecule has 1 fully saturated rings. The summed E-state index contributed by atoms with van der Waals surface area (Å²) in [5.41, 5.74) is 1.79. The second kappa shape index (κ2) is 4.83. The van der Waals surface area contributed by atoms with E-state index in [0.29, 0.717) is 5.56 Å². The van der Waals surface area contributed by atoms with Crippen LogP contribution in [0.1, 0.15) is 22.0 Å². The molecule has 0 saturated carbocycles. The molecule has 0 unspecified atom stereocenters. The van der Waals surface area contributed by atoms with Crippen LogP contribution in [0.5, 0.6) is 0 Å². The van der Waals surface area contributed by atoms with Crippen LogP contribution in [-0.2, 0) is 4.74 Å². The van der Waals surface area contributed by atoms with Gasteiger partial charge in [0.1, 0.15) is 6.10 Å². The lowest BCUT2D eigenvalue weighted by Gasteiger charge is -2.01. The van der Waals surface area contributed by atoms with Crippen molar-refractivity contribution in [1.82, 2.24) is 0 Å². The van der Waals surface area contributed by atoms with Crippen molar-refractivity contribution in [3.05, 3.63) is 83.9 Å². The lowest BCUT2D eigenvalue weighted by atomic mass is 10.0. The zero-order valence-electron chi connectivity index (χ0n) is 11.4. The van der Waals surface area contributed by atoms with E-state index in [2.05, 4.69) is 24.3 Å². The van der Waals surface area contributed by atoms with Gasteiger partial charge in [0.2, 0.25) is 0 Å². The third kappa shape index (κ3) is 2.24. The Morgan fingerprint density at radius 1 is 0.810 bits per heavy atom. The van der Waals surface area contributed by atoms with Crippen molar-refractivity contribution in [3.8, 4) is 0 Å². The summed E-state index contributed by atoms with van der Waals surface area (Å²) in [5.74, 6) is 0.0637. The van der Waals surface area contributed by atoms with Gasteiger partial charge in [0.05, 0.1) is 0 Å². The lowest BCUT2D eigenvalue weighted by molar-refractivity contribution is 0.0953. The standard InChI is InChI=1S/C19H14O2/c20-17(14-7-2-1-3-8-14)19-18(21-19)16-11-10-13-6-4-5-9-15(13)12-16/h1-12,18-19H/t18-,19+/m0/s1. The number of ether oxygens (including phenoxy) is 1. The van der Waals surface area contributed by atoms with Crippen molar-refractivity contribution >= 4 is 16.6 Å². The van der Waals surface area contributed by atoms with Crippen LogP contribution in [0.15, 0.2) is 72.8 Å². The largest absolute Gasteiger partial charge is 0.356 e. The van der Waals surface area contributed by atoms with Crippen LogP contribution in [-0.4, -0.2) is 11.9 Å². The molecule has 3 aromatic rings. The van der Waals surface area contributed by atoms with E-state index in [1.165, 1.54) is 10.8 Å². The number of hydrogen-bond acceptors (Lipinski definition) is 2. The van der Waals surface area contributed by atoms with Crippen LogP contribution in [0.2, 0.25) is 0 Å². The normalized spacial score (nSPS) is 20.4. The van der Waals surface area contributed by atoms with Gasteiger partial charge in [0.15, 0.2) is 11.9 Å². The van der Waals surface area contributed by atoms with E-state index >= 15 is 0 Å². The molecule has 3 aromatic carbocycles. The molecule has 0 radical (unpaired) electrons. The highest BCUT2D eigenvalue weighted by Gasteiger charge is 2.46. The SMILES string of the molecule is O=C(c1ccccc1)[C@H]1O[C@H]1c1ccc2ccccc2c1. The van der Waals surface area contributed by atoms with Crippen LogP contribution >= 0.6 is 0 Å². The van der Waals surface area contributed by atoms with E-state index in [4.69, 9.17) is 4.74 Å². The summed E-state index contributed by atoms with van der Waals surface area (Å²) < 4.78 is 5.62. The summed E-state index contributed by atoms with van der Waals surface area (Å²) in [7, 11) is 0. The van der Waals surface area contributed by atoms with Crippen molar-refractivity contribution in [2.75, 3.05) is 0 Å². The molecule has 1 aliphatic rings. The molecule has 2 nitrogen and oxygen atoms in total. The molecule has 102 valence electrons. The number of carbonyl (C=O) groups is 1. The third-order valence-corrected chi connectivity index (χ3v) is 3.91. The molecule has 1 heterocycles. The van der Waals surface area contributed by atoms with E-state index in [1.54, 1.807) is 0 Å². The van der Waals surface area contributed by atoms with Crippen LogP contribution in [0.25, 0.3) is 10.8 Å². The Morgan fingerprint density at radius 3 is 2.33 bits per heavy atom. The van der Waals surface area contributed by atoms with Crippen molar-refractivity contribution in [3.63, 3.8) is 0 Å². The smallest absolute Gasteiger partial charge is 0.194 e. The highest BCUT2D eigenvalue weighted by molar-refractivity contribution is 6.01. The highest BCUT2D eigenvalue weighted by atomic mass is 16.6. The van der Waals surface area contributed by atoms with Crippen molar-refractivity contribution < 1.29 is 9.53 Å². The van der Waals surface area contributed by atoms with Crippen molar-refractivity contribution in [1.29, 1.82) is 0 Å². The Hall–Kier alpha value is -2.45. The predicted octanol–water partition coefficient (Wildman–Crippen LogP) is 4.16. The number of hydrogen-bond donors (Lipinski definition) is 0. The van der Waals surface area contributed by atoms with Gasteiger partial charge >= 0.3 is 0 Å². The van der Waals surface area contributed by atoms with E-state index in [-0.39, 0.29) is 18.0 Å². The number of Topliss-reactive ketones (excluding diaryl/α,β-unsaturated/α-hetero) is 1. The number of benzene rings is 3. The van der Waals surface area contributed by atoms with Crippen molar-refractivity contribution in [2.45, 2.75) is 12.2 Å². The Labute approximate surface area is 123 Å². The first-order valence-corrected chi connectivity index (χ1v) is 7.06. The van der Waals surface area contributed by atoms with Crippen molar-refractivity contribution in [2.24, 2.45) is 0 Å². The van der Waals surface area contributed by atoms with Gasteiger partial charge < -0.3 is 4.74 Å². The molecule has 4 rings (SSSR count). The first-order chi connectivity index (χ1) is 10.3. The average molecular weight is 274 g/mol. The number of fused-ring (bicyclic) bond motifs is 1. The summed E-state index contributed by atoms with van der Waals surface area (Å²) in [6.07, 6.45) is -0.448. The molecule has 1 saturated heterocycles. The quantitative estimate of drug-likeness (QED) is 0.530. The summed E-state index contributed by atoms with van der Waals surface area (Å²) in [6, 6.07) is 23.8. The van der Waals surface area contributed by atoms with Crippen LogP contribution in [0, 0.1) is 0 Å². The second-order valence-corrected chi connectivity index (χ2v) is 5.31. The van der Waals surface area contributed by atoms with Crippen LogP contribution in [0.4, 0.5) is 0 Å². The number of epoxide rings is 1. The molecule has 0 aromatic heterocycles. The van der Waals surface area contributed by atoms with Gasteiger partial charge in [-0.05, 0) is 22.4 Å². The number of carbonyl (C=O) groups excluding carboxylic acids is 1. The van der Waals surface area contributed by atoms with Gasteiger partial charge in [-0.2, -0.15) is 0 Å². The van der Waals surface area contributed by atoms with Gasteiger partial charge in [-0.25, -0.2) is 0 Å². The summed E-state index contributed by atoms with van der Waals surface area (Å²) >= 11 is 0. The van der Waals surface area contributed by atoms with E-state index in [1.807, 2.05) is 48.5 Å². The predicted molar refractivity (Wildman–Crippen MR) is 82.3 cm³/mol. The number of rotatable bonds is 3. The molecule has 0 aliphatic carbocycles. The topological polar surface area (TPSA) is 29.6 Å². The maximum Gasteiger partial charge on any atom is 0.194 e. The zero-order chi connectivity index (χ0) is 14.2. The molecule has 0 bridgehead atoms. The van der Waals surface area contributed by atoms with Gasteiger partial charge in [-0.3, -0.25) is 4.79 Å². The molecule has 2 atom stereocenters.